The van der Waals surface area contributed by atoms with Crippen LogP contribution in [0.4, 0.5) is 4.39 Å². The molecule has 0 bridgehead atoms. The molecule has 2 aliphatic heterocycles. The van der Waals surface area contributed by atoms with E-state index < -0.39 is 5.82 Å². The molecule has 0 spiro atoms. The SMILES string of the molecule is C[C@@H]1c2ccccc2CCN1C(=O)c1cc(-c2ccccc2)n2nc(-c3ccc(OC(=O)C4CCNC4)cc3F)cc2n1. The van der Waals surface area contributed by atoms with Crippen LogP contribution in [0.1, 0.15) is 41.0 Å². The zero-order valence-corrected chi connectivity index (χ0v) is 23.7. The molecule has 7 rings (SSSR count). The number of carbonyl (C=O) groups is 2. The molecule has 0 saturated carbocycles. The fraction of sp³-hybridized carbons (Fsp3) is 0.235. The molecule has 1 N–H and O–H groups in total. The molecular formula is C34H30FN5O3. The van der Waals surface area contributed by atoms with Crippen LogP contribution in [-0.2, 0) is 11.2 Å². The average Bonchev–Trinajstić information content (AvgIpc) is 3.72. The summed E-state index contributed by atoms with van der Waals surface area (Å²) in [4.78, 5) is 32.9. The van der Waals surface area contributed by atoms with E-state index in [-0.39, 0.29) is 35.1 Å². The van der Waals surface area contributed by atoms with Crippen LogP contribution in [0.25, 0.3) is 28.2 Å². The van der Waals surface area contributed by atoms with Gasteiger partial charge in [0.25, 0.3) is 5.91 Å². The van der Waals surface area contributed by atoms with Crippen molar-refractivity contribution in [3.63, 3.8) is 0 Å². The van der Waals surface area contributed by atoms with Gasteiger partial charge in [-0.25, -0.2) is 13.9 Å². The fourth-order valence-electron chi connectivity index (χ4n) is 6.05. The van der Waals surface area contributed by atoms with E-state index in [1.165, 1.54) is 11.6 Å². The number of rotatable bonds is 5. The van der Waals surface area contributed by atoms with Gasteiger partial charge in [-0.3, -0.25) is 9.59 Å². The van der Waals surface area contributed by atoms with Gasteiger partial charge in [0.05, 0.1) is 23.3 Å². The van der Waals surface area contributed by atoms with Crippen molar-refractivity contribution in [1.82, 2.24) is 24.8 Å². The van der Waals surface area contributed by atoms with E-state index in [4.69, 9.17) is 14.8 Å². The van der Waals surface area contributed by atoms with E-state index in [1.54, 1.807) is 28.8 Å². The van der Waals surface area contributed by atoms with Gasteiger partial charge in [0.2, 0.25) is 0 Å². The Labute approximate surface area is 248 Å². The molecule has 4 heterocycles. The molecule has 43 heavy (non-hydrogen) atoms. The summed E-state index contributed by atoms with van der Waals surface area (Å²) in [5.74, 6) is -1.19. The van der Waals surface area contributed by atoms with Crippen LogP contribution < -0.4 is 10.1 Å². The van der Waals surface area contributed by atoms with Crippen LogP contribution in [0.3, 0.4) is 0 Å². The molecule has 0 aliphatic carbocycles. The maximum atomic E-state index is 15.4. The van der Waals surface area contributed by atoms with Gasteiger partial charge in [0.1, 0.15) is 17.3 Å². The number of amides is 1. The molecule has 8 nitrogen and oxygen atoms in total. The minimum Gasteiger partial charge on any atom is -0.426 e. The van der Waals surface area contributed by atoms with Crippen molar-refractivity contribution in [3.05, 3.63) is 108 Å². The number of fused-ring (bicyclic) bond motifs is 2. The van der Waals surface area contributed by atoms with Gasteiger partial charge in [-0.15, -0.1) is 0 Å². The molecule has 1 unspecified atom stereocenters. The first-order valence-corrected chi connectivity index (χ1v) is 14.5. The number of aromatic nitrogens is 3. The summed E-state index contributed by atoms with van der Waals surface area (Å²) >= 11 is 0. The van der Waals surface area contributed by atoms with Crippen molar-refractivity contribution in [1.29, 1.82) is 0 Å². The minimum atomic E-state index is -0.573. The van der Waals surface area contributed by atoms with E-state index in [2.05, 4.69) is 17.4 Å². The fourth-order valence-corrected chi connectivity index (χ4v) is 6.05. The third-order valence-corrected chi connectivity index (χ3v) is 8.40. The summed E-state index contributed by atoms with van der Waals surface area (Å²) in [6.07, 6.45) is 1.48. The van der Waals surface area contributed by atoms with Crippen LogP contribution in [0.5, 0.6) is 5.75 Å². The number of esters is 1. The Morgan fingerprint density at radius 1 is 1.00 bits per heavy atom. The quantitative estimate of drug-likeness (QED) is 0.221. The third-order valence-electron chi connectivity index (χ3n) is 8.40. The zero-order chi connectivity index (χ0) is 29.5. The molecule has 1 amide bonds. The number of nitrogens with one attached hydrogen (secondary N) is 1. The predicted octanol–water partition coefficient (Wildman–Crippen LogP) is 5.48. The van der Waals surface area contributed by atoms with E-state index in [0.29, 0.717) is 42.2 Å². The molecule has 1 saturated heterocycles. The predicted molar refractivity (Wildman–Crippen MR) is 160 cm³/mol. The summed E-state index contributed by atoms with van der Waals surface area (Å²) in [6.45, 7) is 3.95. The van der Waals surface area contributed by atoms with Gasteiger partial charge in [-0.05, 0) is 55.6 Å². The average molecular weight is 576 g/mol. The number of ether oxygens (including phenoxy) is 1. The van der Waals surface area contributed by atoms with Gasteiger partial charge in [0, 0.05) is 36.3 Å². The van der Waals surface area contributed by atoms with Gasteiger partial charge >= 0.3 is 5.97 Å². The Kier molecular flexibility index (Phi) is 6.95. The van der Waals surface area contributed by atoms with Gasteiger partial charge in [-0.1, -0.05) is 54.6 Å². The lowest BCUT2D eigenvalue weighted by atomic mass is 9.93. The molecule has 3 aromatic carbocycles. The molecule has 5 aromatic rings. The lowest BCUT2D eigenvalue weighted by Gasteiger charge is -2.35. The standard InChI is InChI=1S/C34H30FN5O3/c1-21-26-10-6-5-7-22(26)14-16-39(21)33(41)30-18-31(23-8-3-2-4-9-23)40-32(37-30)19-29(38-40)27-12-11-25(17-28(27)35)43-34(42)24-13-15-36-20-24/h2-12,17-19,21,24,36H,13-16,20H2,1H3/t21-,24?/m1/s1. The normalized spacial score (nSPS) is 18.0. The molecule has 1 fully saturated rings. The van der Waals surface area contributed by atoms with E-state index in [0.717, 1.165) is 24.1 Å². The van der Waals surface area contributed by atoms with Crippen molar-refractivity contribution < 1.29 is 18.7 Å². The summed E-state index contributed by atoms with van der Waals surface area (Å²) in [7, 11) is 0. The first kappa shape index (κ1) is 27.0. The molecule has 2 aliphatic rings. The molecule has 2 atom stereocenters. The Bertz CT molecular complexity index is 1850. The molecule has 0 radical (unpaired) electrons. The first-order valence-electron chi connectivity index (χ1n) is 14.5. The molecule has 2 aromatic heterocycles. The summed E-state index contributed by atoms with van der Waals surface area (Å²) in [5.41, 5.74) is 5.22. The number of hydrogen-bond acceptors (Lipinski definition) is 6. The monoisotopic (exact) mass is 575 g/mol. The number of nitrogens with zero attached hydrogens (tertiary/aromatic N) is 4. The summed E-state index contributed by atoms with van der Waals surface area (Å²) in [5, 5.41) is 7.84. The maximum absolute atomic E-state index is 15.4. The molecule has 216 valence electrons. The molecule has 9 heteroatoms. The smallest absolute Gasteiger partial charge is 0.315 e. The highest BCUT2D eigenvalue weighted by atomic mass is 19.1. The first-order chi connectivity index (χ1) is 21.0. The van der Waals surface area contributed by atoms with Crippen LogP contribution in [0.2, 0.25) is 0 Å². The topological polar surface area (TPSA) is 88.8 Å². The minimum absolute atomic E-state index is 0.0947. The van der Waals surface area contributed by atoms with E-state index >= 15 is 4.39 Å². The summed E-state index contributed by atoms with van der Waals surface area (Å²) < 4.78 is 22.5. The lowest BCUT2D eigenvalue weighted by molar-refractivity contribution is -0.138. The summed E-state index contributed by atoms with van der Waals surface area (Å²) in [6, 6.07) is 25.5. The largest absolute Gasteiger partial charge is 0.426 e. The van der Waals surface area contributed by atoms with Gasteiger partial charge < -0.3 is 15.0 Å². The van der Waals surface area contributed by atoms with Gasteiger partial charge in [-0.2, -0.15) is 5.10 Å². The van der Waals surface area contributed by atoms with Crippen LogP contribution in [0.15, 0.2) is 84.9 Å². The van der Waals surface area contributed by atoms with Gasteiger partial charge in [0.15, 0.2) is 5.65 Å². The van der Waals surface area contributed by atoms with Crippen molar-refractivity contribution in [3.8, 4) is 28.3 Å². The number of carbonyl (C=O) groups excluding carboxylic acids is 2. The van der Waals surface area contributed by atoms with E-state index in [9.17, 15) is 9.59 Å². The highest BCUT2D eigenvalue weighted by Crippen LogP contribution is 2.32. The van der Waals surface area contributed by atoms with Crippen molar-refractivity contribution in [2.75, 3.05) is 19.6 Å². The second-order valence-corrected chi connectivity index (χ2v) is 11.1. The maximum Gasteiger partial charge on any atom is 0.315 e. The van der Waals surface area contributed by atoms with Crippen molar-refractivity contribution in [2.45, 2.75) is 25.8 Å². The Hall–Kier alpha value is -4.89. The van der Waals surface area contributed by atoms with Crippen LogP contribution >= 0.6 is 0 Å². The number of hydrogen-bond donors (Lipinski definition) is 1. The Balaban J connectivity index is 1.25. The number of benzene rings is 3. The lowest BCUT2D eigenvalue weighted by Crippen LogP contribution is -2.39. The Morgan fingerprint density at radius 3 is 2.60 bits per heavy atom. The second kappa shape index (κ2) is 11.1. The van der Waals surface area contributed by atoms with Crippen molar-refractivity contribution in [2.24, 2.45) is 5.92 Å². The highest BCUT2D eigenvalue weighted by molar-refractivity contribution is 5.94. The highest BCUT2D eigenvalue weighted by Gasteiger charge is 2.30. The van der Waals surface area contributed by atoms with Crippen LogP contribution in [-0.4, -0.2) is 51.0 Å². The van der Waals surface area contributed by atoms with Crippen molar-refractivity contribution >= 4 is 17.5 Å². The van der Waals surface area contributed by atoms with Crippen LogP contribution in [0, 0.1) is 11.7 Å². The number of halogens is 1. The Morgan fingerprint density at radius 2 is 1.81 bits per heavy atom. The second-order valence-electron chi connectivity index (χ2n) is 11.1. The molecular weight excluding hydrogens is 545 g/mol. The van der Waals surface area contributed by atoms with E-state index in [1.807, 2.05) is 54.3 Å². The third kappa shape index (κ3) is 5.06. The zero-order valence-electron chi connectivity index (χ0n) is 23.7.